The Labute approximate surface area is 169 Å². The van der Waals surface area contributed by atoms with Gasteiger partial charge in [-0.3, -0.25) is 9.69 Å². The van der Waals surface area contributed by atoms with Crippen molar-refractivity contribution in [3.05, 3.63) is 42.5 Å². The van der Waals surface area contributed by atoms with Crippen molar-refractivity contribution in [1.29, 1.82) is 0 Å². The monoisotopic (exact) mass is 395 g/mol. The molecule has 0 unspecified atom stereocenters. The molecule has 0 radical (unpaired) electrons. The molecule has 1 aliphatic rings. The molecule has 4 rings (SSSR count). The highest BCUT2D eigenvalue weighted by atomic mass is 16.5. The largest absolute Gasteiger partial charge is 0.497 e. The first kappa shape index (κ1) is 19.3. The number of imidazole rings is 1. The number of aromatic nitrogens is 2. The molecule has 0 bridgehead atoms. The summed E-state index contributed by atoms with van der Waals surface area (Å²) in [6.07, 6.45) is 2.48. The molecule has 1 saturated heterocycles. The molecule has 7 heteroatoms. The van der Waals surface area contributed by atoms with Crippen LogP contribution in [-0.2, 0) is 11.3 Å². The Hall–Kier alpha value is -3.06. The fourth-order valence-electron chi connectivity index (χ4n) is 3.80. The lowest BCUT2D eigenvalue weighted by molar-refractivity contribution is -0.137. The number of carboxylic acids is 1. The van der Waals surface area contributed by atoms with Gasteiger partial charge >= 0.3 is 5.97 Å². The minimum atomic E-state index is -0.917. The first-order valence-electron chi connectivity index (χ1n) is 9.86. The molecule has 29 heavy (non-hydrogen) atoms. The van der Waals surface area contributed by atoms with Gasteiger partial charge in [-0.15, -0.1) is 0 Å². The van der Waals surface area contributed by atoms with E-state index in [1.165, 1.54) is 12.8 Å². The maximum atomic E-state index is 11.5. The SMILES string of the molecule is COc1ccc(-c2nc3ccccc3n2CC(=O)O)c(OCCN2CCCC2)c1. The highest BCUT2D eigenvalue weighted by Crippen LogP contribution is 2.35. The van der Waals surface area contributed by atoms with Gasteiger partial charge in [0.1, 0.15) is 30.5 Å². The van der Waals surface area contributed by atoms with E-state index in [1.807, 2.05) is 42.5 Å². The minimum Gasteiger partial charge on any atom is -0.497 e. The lowest BCUT2D eigenvalue weighted by Gasteiger charge is -2.17. The third-order valence-corrected chi connectivity index (χ3v) is 5.24. The van der Waals surface area contributed by atoms with Crippen LogP contribution in [0.2, 0.25) is 0 Å². The van der Waals surface area contributed by atoms with Gasteiger partial charge in [-0.25, -0.2) is 4.98 Å². The second-order valence-corrected chi connectivity index (χ2v) is 7.16. The van der Waals surface area contributed by atoms with Crippen molar-refractivity contribution in [3.63, 3.8) is 0 Å². The van der Waals surface area contributed by atoms with Gasteiger partial charge < -0.3 is 19.1 Å². The predicted octanol–water partition coefficient (Wildman–Crippen LogP) is 3.27. The van der Waals surface area contributed by atoms with Gasteiger partial charge in [-0.05, 0) is 50.2 Å². The van der Waals surface area contributed by atoms with Crippen LogP contribution < -0.4 is 9.47 Å². The van der Waals surface area contributed by atoms with Gasteiger partial charge in [0.2, 0.25) is 0 Å². The molecule has 1 aliphatic heterocycles. The molecule has 2 heterocycles. The van der Waals surface area contributed by atoms with Gasteiger partial charge in [0.25, 0.3) is 0 Å². The summed E-state index contributed by atoms with van der Waals surface area (Å²) in [6.45, 7) is 3.47. The molecule has 0 atom stereocenters. The quantitative estimate of drug-likeness (QED) is 0.631. The van der Waals surface area contributed by atoms with Crippen LogP contribution in [0, 0.1) is 0 Å². The summed E-state index contributed by atoms with van der Waals surface area (Å²) in [5.74, 6) is 0.989. The highest BCUT2D eigenvalue weighted by molar-refractivity contribution is 5.84. The zero-order valence-electron chi connectivity index (χ0n) is 16.5. The van der Waals surface area contributed by atoms with Gasteiger partial charge in [0.15, 0.2) is 0 Å². The number of benzene rings is 2. The minimum absolute atomic E-state index is 0.172. The van der Waals surface area contributed by atoms with Crippen LogP contribution in [0.15, 0.2) is 42.5 Å². The molecule has 0 aliphatic carbocycles. The molecule has 1 fully saturated rings. The number of hydrogen-bond donors (Lipinski definition) is 1. The summed E-state index contributed by atoms with van der Waals surface area (Å²) >= 11 is 0. The molecular weight excluding hydrogens is 370 g/mol. The molecule has 0 amide bonds. The maximum absolute atomic E-state index is 11.5. The average molecular weight is 395 g/mol. The summed E-state index contributed by atoms with van der Waals surface area (Å²) < 4.78 is 13.2. The van der Waals surface area contributed by atoms with Crippen molar-refractivity contribution in [2.24, 2.45) is 0 Å². The number of rotatable bonds is 8. The van der Waals surface area contributed by atoms with E-state index < -0.39 is 5.97 Å². The van der Waals surface area contributed by atoms with Crippen molar-refractivity contribution in [2.75, 3.05) is 33.4 Å². The molecule has 1 aromatic heterocycles. The van der Waals surface area contributed by atoms with Crippen LogP contribution in [0.1, 0.15) is 12.8 Å². The first-order valence-corrected chi connectivity index (χ1v) is 9.86. The van der Waals surface area contributed by atoms with E-state index in [2.05, 4.69) is 4.90 Å². The zero-order valence-corrected chi connectivity index (χ0v) is 16.5. The Morgan fingerprint density at radius 2 is 1.97 bits per heavy atom. The van der Waals surface area contributed by atoms with Gasteiger partial charge in [0, 0.05) is 12.6 Å². The lowest BCUT2D eigenvalue weighted by atomic mass is 10.1. The summed E-state index contributed by atoms with van der Waals surface area (Å²) in [7, 11) is 1.61. The number of nitrogens with zero attached hydrogens (tertiary/aromatic N) is 3. The molecule has 0 saturated carbocycles. The summed E-state index contributed by atoms with van der Waals surface area (Å²) in [6, 6.07) is 13.1. The van der Waals surface area contributed by atoms with Crippen LogP contribution >= 0.6 is 0 Å². The smallest absolute Gasteiger partial charge is 0.323 e. The second-order valence-electron chi connectivity index (χ2n) is 7.16. The third kappa shape index (κ3) is 4.19. The number of aliphatic carboxylic acids is 1. The number of carbonyl (C=O) groups is 1. The number of para-hydroxylation sites is 2. The predicted molar refractivity (Wildman–Crippen MR) is 111 cm³/mol. The molecule has 2 aromatic carbocycles. The van der Waals surface area contributed by atoms with E-state index in [0.29, 0.717) is 23.9 Å². The number of fused-ring (bicyclic) bond motifs is 1. The normalized spacial score (nSPS) is 14.4. The van der Waals surface area contributed by atoms with Crippen LogP contribution in [-0.4, -0.2) is 58.9 Å². The van der Waals surface area contributed by atoms with E-state index in [1.54, 1.807) is 11.7 Å². The third-order valence-electron chi connectivity index (χ3n) is 5.24. The number of methoxy groups -OCH3 is 1. The second kappa shape index (κ2) is 8.53. The van der Waals surface area contributed by atoms with Crippen molar-refractivity contribution in [2.45, 2.75) is 19.4 Å². The standard InChI is InChI=1S/C22H25N3O4/c1-28-16-8-9-17(20(14-16)29-13-12-24-10-4-5-11-24)22-23-18-6-2-3-7-19(18)25(22)15-21(26)27/h2-3,6-9,14H,4-5,10-13,15H2,1H3,(H,26,27). The average Bonchev–Trinajstić information content (AvgIpc) is 3.36. The number of carboxylic acid groups (broad SMARTS) is 1. The lowest BCUT2D eigenvalue weighted by Crippen LogP contribution is -2.25. The highest BCUT2D eigenvalue weighted by Gasteiger charge is 2.19. The van der Waals surface area contributed by atoms with Gasteiger partial charge in [-0.2, -0.15) is 0 Å². The van der Waals surface area contributed by atoms with Crippen molar-refractivity contribution >= 4 is 17.0 Å². The van der Waals surface area contributed by atoms with Crippen LogP contribution in [0.5, 0.6) is 11.5 Å². The van der Waals surface area contributed by atoms with E-state index in [4.69, 9.17) is 14.5 Å². The van der Waals surface area contributed by atoms with Crippen LogP contribution in [0.3, 0.4) is 0 Å². The Morgan fingerprint density at radius 3 is 2.72 bits per heavy atom. The molecular formula is C22H25N3O4. The van der Waals surface area contributed by atoms with E-state index >= 15 is 0 Å². The number of hydrogen-bond acceptors (Lipinski definition) is 5. The fraction of sp³-hybridized carbons (Fsp3) is 0.364. The summed E-state index contributed by atoms with van der Waals surface area (Å²) in [5.41, 5.74) is 2.29. The molecule has 152 valence electrons. The Kier molecular flexibility index (Phi) is 5.67. The first-order chi connectivity index (χ1) is 14.2. The van der Waals surface area contributed by atoms with E-state index in [-0.39, 0.29) is 6.54 Å². The van der Waals surface area contributed by atoms with Crippen LogP contribution in [0.4, 0.5) is 0 Å². The van der Waals surface area contributed by atoms with Crippen molar-refractivity contribution in [1.82, 2.24) is 14.5 Å². The molecule has 1 N–H and O–H groups in total. The van der Waals surface area contributed by atoms with Gasteiger partial charge in [0.05, 0.1) is 23.7 Å². The van der Waals surface area contributed by atoms with E-state index in [0.717, 1.165) is 36.2 Å². The summed E-state index contributed by atoms with van der Waals surface area (Å²) in [4.78, 5) is 18.6. The van der Waals surface area contributed by atoms with Gasteiger partial charge in [-0.1, -0.05) is 12.1 Å². The van der Waals surface area contributed by atoms with Crippen molar-refractivity contribution < 1.29 is 19.4 Å². The fourth-order valence-corrected chi connectivity index (χ4v) is 3.80. The zero-order chi connectivity index (χ0) is 20.2. The molecule has 3 aromatic rings. The molecule has 7 nitrogen and oxygen atoms in total. The topological polar surface area (TPSA) is 76.8 Å². The van der Waals surface area contributed by atoms with Crippen LogP contribution in [0.25, 0.3) is 22.4 Å². The molecule has 0 spiro atoms. The Morgan fingerprint density at radius 1 is 1.17 bits per heavy atom. The number of likely N-dealkylation sites (tertiary alicyclic amines) is 1. The summed E-state index contributed by atoms with van der Waals surface area (Å²) in [5, 5.41) is 9.42. The Bertz CT molecular complexity index is 1010. The maximum Gasteiger partial charge on any atom is 0.323 e. The van der Waals surface area contributed by atoms with E-state index in [9.17, 15) is 9.90 Å². The van der Waals surface area contributed by atoms with Crippen molar-refractivity contribution in [3.8, 4) is 22.9 Å². The Balaban J connectivity index is 1.70. The number of ether oxygens (including phenoxy) is 2.